The van der Waals surface area contributed by atoms with Crippen molar-refractivity contribution in [1.82, 2.24) is 9.47 Å². The van der Waals surface area contributed by atoms with Gasteiger partial charge in [-0.3, -0.25) is 9.59 Å². The van der Waals surface area contributed by atoms with Gasteiger partial charge in [0, 0.05) is 55.9 Å². The van der Waals surface area contributed by atoms with Crippen LogP contribution >= 0.6 is 0 Å². The average molecular weight is 423 g/mol. The Balaban J connectivity index is 1.37. The van der Waals surface area contributed by atoms with Gasteiger partial charge < -0.3 is 14.2 Å². The minimum absolute atomic E-state index is 0.0551. The lowest BCUT2D eigenvalue weighted by atomic mass is 9.75. The van der Waals surface area contributed by atoms with E-state index >= 15 is 0 Å². The fraction of sp³-hybridized carbons (Fsp3) is 0.615. The molecule has 1 aromatic heterocycles. The van der Waals surface area contributed by atoms with Crippen molar-refractivity contribution in [3.8, 4) is 0 Å². The minimum atomic E-state index is -0.0551. The third-order valence-electron chi connectivity index (χ3n) is 7.81. The molecule has 1 atom stereocenters. The Bertz CT molecular complexity index is 998. The van der Waals surface area contributed by atoms with Gasteiger partial charge in [-0.15, -0.1) is 0 Å². The summed E-state index contributed by atoms with van der Waals surface area (Å²) in [6.45, 7) is 2.01. The number of hydrogen-bond acceptors (Lipinski definition) is 3. The van der Waals surface area contributed by atoms with E-state index in [4.69, 9.17) is 4.74 Å². The number of benzene rings is 1. The zero-order chi connectivity index (χ0) is 21.5. The Labute approximate surface area is 184 Å². The fourth-order valence-electron chi connectivity index (χ4n) is 5.79. The molecule has 1 saturated heterocycles. The zero-order valence-corrected chi connectivity index (χ0v) is 18.9. The molecule has 166 valence electrons. The van der Waals surface area contributed by atoms with Crippen LogP contribution in [-0.4, -0.2) is 48.0 Å². The number of likely N-dealkylation sites (N-methyl/N-ethyl adjacent to an activating group) is 1. The summed E-state index contributed by atoms with van der Waals surface area (Å²) in [7, 11) is 3.90. The predicted molar refractivity (Wildman–Crippen MR) is 121 cm³/mol. The van der Waals surface area contributed by atoms with Gasteiger partial charge in [-0.1, -0.05) is 0 Å². The number of aryl methyl sites for hydroxylation is 1. The summed E-state index contributed by atoms with van der Waals surface area (Å²) < 4.78 is 7.90. The predicted octanol–water partition coefficient (Wildman–Crippen LogP) is 4.15. The highest BCUT2D eigenvalue weighted by atomic mass is 16.5. The van der Waals surface area contributed by atoms with Gasteiger partial charge in [-0.2, -0.15) is 0 Å². The smallest absolute Gasteiger partial charge is 0.254 e. The third-order valence-corrected chi connectivity index (χ3v) is 7.81. The summed E-state index contributed by atoms with van der Waals surface area (Å²) >= 11 is 0. The van der Waals surface area contributed by atoms with Crippen molar-refractivity contribution < 1.29 is 14.3 Å². The van der Waals surface area contributed by atoms with Crippen molar-refractivity contribution in [3.63, 3.8) is 0 Å². The molecule has 2 fully saturated rings. The number of carbonyl (C=O) groups is 2. The Hall–Kier alpha value is -2.14. The molecule has 0 radical (unpaired) electrons. The second-order valence-corrected chi connectivity index (χ2v) is 10.0. The van der Waals surface area contributed by atoms with Gasteiger partial charge in [0.15, 0.2) is 5.78 Å². The molecule has 5 heteroatoms. The standard InChI is InChI=1S/C26H34N2O3/c1-27(16-21(29)13-17-3-4-17)26(30)20-6-8-25-23(15-20)22-14-19(5-7-24(22)28(25)2)18-9-11-31-12-10-18/h6,8,15,17-19H,3-5,7,9-14,16H2,1-2H3. The van der Waals surface area contributed by atoms with Crippen LogP contribution in [0.2, 0.25) is 0 Å². The van der Waals surface area contributed by atoms with Gasteiger partial charge in [0.05, 0.1) is 6.54 Å². The lowest BCUT2D eigenvalue weighted by molar-refractivity contribution is -0.119. The third kappa shape index (κ3) is 4.17. The van der Waals surface area contributed by atoms with Crippen LogP contribution in [-0.2, 0) is 29.4 Å². The van der Waals surface area contributed by atoms with Crippen LogP contribution in [0.5, 0.6) is 0 Å². The molecule has 1 saturated carbocycles. The highest BCUT2D eigenvalue weighted by Gasteiger charge is 2.31. The zero-order valence-electron chi connectivity index (χ0n) is 18.9. The van der Waals surface area contributed by atoms with E-state index in [9.17, 15) is 9.59 Å². The quantitative estimate of drug-likeness (QED) is 0.703. The van der Waals surface area contributed by atoms with E-state index in [1.165, 1.54) is 41.4 Å². The van der Waals surface area contributed by atoms with Crippen LogP contribution in [0.25, 0.3) is 10.9 Å². The first-order valence-corrected chi connectivity index (χ1v) is 12.0. The first kappa shape index (κ1) is 20.7. The summed E-state index contributed by atoms with van der Waals surface area (Å²) in [5.74, 6) is 2.15. The second-order valence-electron chi connectivity index (χ2n) is 10.0. The molecule has 2 aliphatic carbocycles. The first-order valence-electron chi connectivity index (χ1n) is 12.0. The molecule has 31 heavy (non-hydrogen) atoms. The summed E-state index contributed by atoms with van der Waals surface area (Å²) in [6, 6.07) is 6.09. The van der Waals surface area contributed by atoms with E-state index in [0.29, 0.717) is 23.8 Å². The Kier molecular flexibility index (Phi) is 5.63. The minimum Gasteiger partial charge on any atom is -0.381 e. The number of aromatic nitrogens is 1. The second kappa shape index (κ2) is 8.42. The number of nitrogens with zero attached hydrogens (tertiary/aromatic N) is 2. The largest absolute Gasteiger partial charge is 0.381 e. The molecule has 5 nitrogen and oxygen atoms in total. The molecule has 1 aromatic carbocycles. The van der Waals surface area contributed by atoms with Crippen LogP contribution < -0.4 is 0 Å². The van der Waals surface area contributed by atoms with E-state index < -0.39 is 0 Å². The number of ether oxygens (including phenoxy) is 1. The van der Waals surface area contributed by atoms with Crippen molar-refractivity contribution in [2.45, 2.75) is 51.4 Å². The number of carbonyl (C=O) groups excluding carboxylic acids is 2. The highest BCUT2D eigenvalue weighted by Crippen LogP contribution is 2.39. The van der Waals surface area contributed by atoms with Crippen LogP contribution in [0, 0.1) is 17.8 Å². The molecule has 0 N–H and O–H groups in total. The van der Waals surface area contributed by atoms with Crippen LogP contribution in [0.1, 0.15) is 60.1 Å². The van der Waals surface area contributed by atoms with Gasteiger partial charge in [0.1, 0.15) is 0 Å². The SMILES string of the molecule is CN(CC(=O)CC1CC1)C(=O)c1ccc2c(c1)c1c(n2C)CCC(C2CCOCC2)C1. The number of hydrogen-bond donors (Lipinski definition) is 0. The van der Waals surface area contributed by atoms with Crippen LogP contribution in [0.15, 0.2) is 18.2 Å². The molecule has 3 aliphatic rings. The van der Waals surface area contributed by atoms with Crippen molar-refractivity contribution in [2.24, 2.45) is 24.8 Å². The summed E-state index contributed by atoms with van der Waals surface area (Å²) in [6.07, 6.45) is 8.76. The van der Waals surface area contributed by atoms with Gasteiger partial charge in [0.2, 0.25) is 0 Å². The van der Waals surface area contributed by atoms with Gasteiger partial charge in [-0.05, 0) is 86.5 Å². The molecule has 5 rings (SSSR count). The van der Waals surface area contributed by atoms with Gasteiger partial charge in [-0.25, -0.2) is 0 Å². The van der Waals surface area contributed by atoms with Crippen LogP contribution in [0.4, 0.5) is 0 Å². The van der Waals surface area contributed by atoms with E-state index in [2.05, 4.69) is 23.7 Å². The fourth-order valence-corrected chi connectivity index (χ4v) is 5.79. The maximum atomic E-state index is 13.1. The van der Waals surface area contributed by atoms with Crippen molar-refractivity contribution in [3.05, 3.63) is 35.0 Å². The van der Waals surface area contributed by atoms with Gasteiger partial charge in [0.25, 0.3) is 5.91 Å². The average Bonchev–Trinajstić information content (AvgIpc) is 3.56. The molecule has 0 bridgehead atoms. The first-order chi connectivity index (χ1) is 15.0. The lowest BCUT2D eigenvalue weighted by Gasteiger charge is -2.33. The molecule has 1 aliphatic heterocycles. The highest BCUT2D eigenvalue weighted by molar-refractivity contribution is 6.00. The maximum Gasteiger partial charge on any atom is 0.254 e. The number of fused-ring (bicyclic) bond motifs is 3. The maximum absolute atomic E-state index is 13.1. The lowest BCUT2D eigenvalue weighted by Crippen LogP contribution is -2.32. The summed E-state index contributed by atoms with van der Waals surface area (Å²) in [5.41, 5.74) is 4.76. The molecule has 1 unspecified atom stereocenters. The van der Waals surface area contributed by atoms with Gasteiger partial charge >= 0.3 is 0 Å². The molecule has 1 amide bonds. The van der Waals surface area contributed by atoms with E-state index in [-0.39, 0.29) is 18.2 Å². The number of rotatable bonds is 6. The normalized spacial score (nSPS) is 21.8. The monoisotopic (exact) mass is 422 g/mol. The summed E-state index contributed by atoms with van der Waals surface area (Å²) in [5, 5.41) is 1.22. The Morgan fingerprint density at radius 3 is 2.61 bits per heavy atom. The Morgan fingerprint density at radius 2 is 1.87 bits per heavy atom. The van der Waals surface area contributed by atoms with Crippen LogP contribution in [0.3, 0.4) is 0 Å². The summed E-state index contributed by atoms with van der Waals surface area (Å²) in [4.78, 5) is 26.9. The van der Waals surface area contributed by atoms with E-state index in [1.807, 2.05) is 6.07 Å². The molecular formula is C26H34N2O3. The van der Waals surface area contributed by atoms with E-state index in [1.54, 1.807) is 11.9 Å². The number of Topliss-reactive ketones (excluding diaryl/α,β-unsaturated/α-hetero) is 1. The van der Waals surface area contributed by atoms with Crippen molar-refractivity contribution in [2.75, 3.05) is 26.8 Å². The topological polar surface area (TPSA) is 51.5 Å². The molecule has 2 aromatic rings. The molecular weight excluding hydrogens is 388 g/mol. The van der Waals surface area contributed by atoms with E-state index in [0.717, 1.165) is 44.8 Å². The molecule has 2 heterocycles. The molecule has 0 spiro atoms. The van der Waals surface area contributed by atoms with Crippen molar-refractivity contribution >= 4 is 22.6 Å². The Morgan fingerprint density at radius 1 is 1.10 bits per heavy atom. The number of amides is 1. The van der Waals surface area contributed by atoms with Crippen molar-refractivity contribution in [1.29, 1.82) is 0 Å². The number of ketones is 1.